The Balaban J connectivity index is 2.13. The van der Waals surface area contributed by atoms with Gasteiger partial charge in [-0.3, -0.25) is 14.4 Å². The summed E-state index contributed by atoms with van der Waals surface area (Å²) in [5.74, 6) is -3.40. The lowest BCUT2D eigenvalue weighted by Gasteiger charge is -2.21. The Hall–Kier alpha value is -2.71. The molecule has 0 amide bonds. The number of rotatable bonds is 3. The molecule has 3 rings (SSSR count). The molecule has 0 aromatic carbocycles. The number of nitrogens with zero attached hydrogens (tertiary/aromatic N) is 1. The topological polar surface area (TPSA) is 93.6 Å². The van der Waals surface area contributed by atoms with E-state index in [9.17, 15) is 32.7 Å². The second-order valence-electron chi connectivity index (χ2n) is 6.60. The molecule has 1 aromatic rings. The fourth-order valence-corrected chi connectivity index (χ4v) is 3.57. The van der Waals surface area contributed by atoms with Crippen LogP contribution in [0.3, 0.4) is 0 Å². The van der Waals surface area contributed by atoms with Crippen LogP contribution in [-0.2, 0) is 31.7 Å². The van der Waals surface area contributed by atoms with Crippen LogP contribution in [0.4, 0.5) is 13.2 Å². The van der Waals surface area contributed by atoms with Gasteiger partial charge in [0.15, 0.2) is 11.6 Å². The number of pyridine rings is 1. The van der Waals surface area contributed by atoms with Crippen LogP contribution >= 0.6 is 0 Å². The highest BCUT2D eigenvalue weighted by molar-refractivity contribution is 6.27. The number of Topliss-reactive ketones (excluding diaryl/α,β-unsaturated/α-hetero) is 2. The van der Waals surface area contributed by atoms with Gasteiger partial charge in [-0.05, 0) is 31.4 Å². The summed E-state index contributed by atoms with van der Waals surface area (Å²) in [4.78, 5) is 40.0. The summed E-state index contributed by atoms with van der Waals surface area (Å²) in [6.07, 6.45) is -3.92. The van der Waals surface area contributed by atoms with Crippen LogP contribution in [0.15, 0.2) is 17.7 Å². The summed E-state index contributed by atoms with van der Waals surface area (Å²) in [6.45, 7) is 0. The molecule has 2 aliphatic carbocycles. The summed E-state index contributed by atoms with van der Waals surface area (Å²) in [7, 11) is 1.06. The van der Waals surface area contributed by atoms with Crippen LogP contribution in [0.5, 0.6) is 0 Å². The van der Waals surface area contributed by atoms with Gasteiger partial charge in [-0.25, -0.2) is 4.98 Å². The van der Waals surface area contributed by atoms with E-state index in [1.807, 2.05) is 0 Å². The van der Waals surface area contributed by atoms with Gasteiger partial charge in [0.1, 0.15) is 17.0 Å². The number of allylic oxidation sites excluding steroid dienone is 1. The summed E-state index contributed by atoms with van der Waals surface area (Å²) in [6, 6.07) is 1.53. The van der Waals surface area contributed by atoms with Crippen LogP contribution in [0.2, 0.25) is 0 Å². The molecule has 2 fully saturated rings. The largest absolute Gasteiger partial charge is 0.506 e. The predicted octanol–water partition coefficient (Wildman–Crippen LogP) is 2.65. The van der Waals surface area contributed by atoms with E-state index in [0.29, 0.717) is 25.3 Å². The minimum Gasteiger partial charge on any atom is -0.506 e. The Morgan fingerprint density at radius 2 is 1.81 bits per heavy atom. The van der Waals surface area contributed by atoms with E-state index in [2.05, 4.69) is 9.72 Å². The average molecular weight is 383 g/mol. The summed E-state index contributed by atoms with van der Waals surface area (Å²) in [5, 5.41) is 10.6. The minimum absolute atomic E-state index is 0.258. The quantitative estimate of drug-likeness (QED) is 0.373. The number of esters is 1. The molecule has 2 aliphatic rings. The van der Waals surface area contributed by atoms with Gasteiger partial charge in [0.25, 0.3) is 0 Å². The molecular formula is C18H16F3NO5. The van der Waals surface area contributed by atoms with Gasteiger partial charge in [0.05, 0.1) is 19.2 Å². The zero-order valence-electron chi connectivity index (χ0n) is 14.3. The van der Waals surface area contributed by atoms with Gasteiger partial charge >= 0.3 is 12.1 Å². The molecule has 27 heavy (non-hydrogen) atoms. The molecule has 1 aromatic heterocycles. The van der Waals surface area contributed by atoms with Crippen LogP contribution in [0.1, 0.15) is 36.2 Å². The molecule has 0 saturated heterocycles. The lowest BCUT2D eigenvalue weighted by Crippen LogP contribution is -2.30. The molecule has 1 heterocycles. The third kappa shape index (κ3) is 3.45. The summed E-state index contributed by atoms with van der Waals surface area (Å²) in [5.41, 5.74) is -2.35. The molecule has 1 N–H and O–H groups in total. The van der Waals surface area contributed by atoms with Crippen molar-refractivity contribution in [1.82, 2.24) is 4.98 Å². The first-order chi connectivity index (χ1) is 12.6. The van der Waals surface area contributed by atoms with Gasteiger partial charge < -0.3 is 9.84 Å². The van der Waals surface area contributed by atoms with Crippen molar-refractivity contribution in [2.24, 2.45) is 11.8 Å². The second-order valence-corrected chi connectivity index (χ2v) is 6.60. The van der Waals surface area contributed by atoms with Crippen LogP contribution in [0.25, 0.3) is 5.76 Å². The lowest BCUT2D eigenvalue weighted by atomic mass is 9.81. The number of aliphatic hydroxyl groups is 1. The molecule has 0 radical (unpaired) electrons. The van der Waals surface area contributed by atoms with E-state index < -0.39 is 52.9 Å². The molecule has 2 unspecified atom stereocenters. The Bertz CT molecular complexity index is 835. The number of fused-ring (bicyclic) bond motifs is 2. The first-order valence-electron chi connectivity index (χ1n) is 8.29. The lowest BCUT2D eigenvalue weighted by molar-refractivity contribution is -0.142. The number of carbonyl (C=O) groups excluding carboxylic acids is 3. The highest BCUT2D eigenvalue weighted by atomic mass is 19.4. The molecular weight excluding hydrogens is 367 g/mol. The first-order valence-corrected chi connectivity index (χ1v) is 8.29. The maximum absolute atomic E-state index is 12.9. The minimum atomic E-state index is -4.76. The number of carbonyl (C=O) groups is 3. The number of hydrogen-bond donors (Lipinski definition) is 1. The number of hydrogen-bond acceptors (Lipinski definition) is 6. The normalized spacial score (nSPS) is 22.1. The van der Waals surface area contributed by atoms with Crippen molar-refractivity contribution in [3.05, 3.63) is 34.7 Å². The van der Waals surface area contributed by atoms with Crippen molar-refractivity contribution in [3.63, 3.8) is 0 Å². The van der Waals surface area contributed by atoms with E-state index in [1.54, 1.807) is 0 Å². The Morgan fingerprint density at radius 1 is 1.22 bits per heavy atom. The standard InChI is InChI=1S/C18H16F3NO5/c1-27-13(23)7-11-10(4-5-12(22-11)18(19,20)21)17(26)14-15(24)8-2-3-9(6-8)16(14)25/h4-5,8-9,26H,2-3,6-7H2,1H3. The zero-order chi connectivity index (χ0) is 19.9. The summed E-state index contributed by atoms with van der Waals surface area (Å²) >= 11 is 0. The Morgan fingerprint density at radius 3 is 2.33 bits per heavy atom. The van der Waals surface area contributed by atoms with E-state index in [0.717, 1.165) is 13.2 Å². The van der Waals surface area contributed by atoms with E-state index in [-0.39, 0.29) is 17.4 Å². The van der Waals surface area contributed by atoms with Crippen molar-refractivity contribution in [2.45, 2.75) is 31.9 Å². The molecule has 2 saturated carbocycles. The smallest absolute Gasteiger partial charge is 0.433 e. The number of alkyl halides is 3. The number of ketones is 2. The third-order valence-corrected chi connectivity index (χ3v) is 4.96. The molecule has 2 bridgehead atoms. The Labute approximate surface area is 152 Å². The molecule has 9 heteroatoms. The fraction of sp³-hybridized carbons (Fsp3) is 0.444. The molecule has 2 atom stereocenters. The molecule has 0 spiro atoms. The average Bonchev–Trinajstić information content (AvgIpc) is 3.06. The number of aliphatic hydroxyl groups excluding tert-OH is 1. The zero-order valence-corrected chi connectivity index (χ0v) is 14.3. The monoisotopic (exact) mass is 383 g/mol. The van der Waals surface area contributed by atoms with Gasteiger partial charge in [-0.2, -0.15) is 13.2 Å². The van der Waals surface area contributed by atoms with E-state index >= 15 is 0 Å². The first kappa shape index (κ1) is 19.1. The van der Waals surface area contributed by atoms with Crippen molar-refractivity contribution < 1.29 is 37.4 Å². The van der Waals surface area contributed by atoms with Crippen LogP contribution in [0, 0.1) is 11.8 Å². The number of aromatic nitrogens is 1. The molecule has 6 nitrogen and oxygen atoms in total. The summed E-state index contributed by atoms with van der Waals surface area (Å²) < 4.78 is 43.3. The van der Waals surface area contributed by atoms with Gasteiger partial charge in [-0.15, -0.1) is 0 Å². The van der Waals surface area contributed by atoms with Crippen molar-refractivity contribution in [2.75, 3.05) is 7.11 Å². The van der Waals surface area contributed by atoms with E-state index in [1.165, 1.54) is 0 Å². The van der Waals surface area contributed by atoms with E-state index in [4.69, 9.17) is 0 Å². The van der Waals surface area contributed by atoms with Crippen molar-refractivity contribution in [3.8, 4) is 0 Å². The van der Waals surface area contributed by atoms with Gasteiger partial charge in [0.2, 0.25) is 0 Å². The fourth-order valence-electron chi connectivity index (χ4n) is 3.57. The Kier molecular flexibility index (Phi) is 4.79. The van der Waals surface area contributed by atoms with Gasteiger partial charge in [-0.1, -0.05) is 0 Å². The molecule has 144 valence electrons. The van der Waals surface area contributed by atoms with Crippen molar-refractivity contribution >= 4 is 23.3 Å². The third-order valence-electron chi connectivity index (χ3n) is 4.96. The SMILES string of the molecule is COC(=O)Cc1nc(C(F)(F)F)ccc1C(O)=C1C(=O)C2CCC(C2)C1=O. The number of halogens is 3. The predicted molar refractivity (Wildman–Crippen MR) is 85.4 cm³/mol. The second kappa shape index (κ2) is 6.79. The van der Waals surface area contributed by atoms with Crippen LogP contribution in [-0.4, -0.2) is 34.7 Å². The molecule has 0 aliphatic heterocycles. The maximum Gasteiger partial charge on any atom is 0.433 e. The van der Waals surface area contributed by atoms with Gasteiger partial charge in [0, 0.05) is 17.4 Å². The highest BCUT2D eigenvalue weighted by Crippen LogP contribution is 2.42. The van der Waals surface area contributed by atoms with Crippen LogP contribution < -0.4 is 0 Å². The number of ether oxygens (including phenoxy) is 1. The maximum atomic E-state index is 12.9. The highest BCUT2D eigenvalue weighted by Gasteiger charge is 2.45. The van der Waals surface area contributed by atoms with Crippen molar-refractivity contribution in [1.29, 1.82) is 0 Å². The number of methoxy groups -OCH3 is 1.